The van der Waals surface area contributed by atoms with Crippen molar-refractivity contribution in [1.82, 2.24) is 4.90 Å². The Labute approximate surface area is 137 Å². The van der Waals surface area contributed by atoms with Gasteiger partial charge in [-0.1, -0.05) is 6.07 Å². The first-order valence-corrected chi connectivity index (χ1v) is 7.35. The zero-order valence-corrected chi connectivity index (χ0v) is 13.5. The van der Waals surface area contributed by atoms with Gasteiger partial charge in [-0.2, -0.15) is 0 Å². The number of halogens is 3. The number of carbonyl (C=O) groups is 2. The summed E-state index contributed by atoms with van der Waals surface area (Å²) in [5.41, 5.74) is -1.05. The van der Waals surface area contributed by atoms with Gasteiger partial charge in [-0.15, -0.1) is 0 Å². The van der Waals surface area contributed by atoms with Crippen LogP contribution in [0.5, 0.6) is 0 Å². The van der Waals surface area contributed by atoms with Gasteiger partial charge in [0.15, 0.2) is 17.5 Å². The van der Waals surface area contributed by atoms with E-state index < -0.39 is 47.0 Å². The van der Waals surface area contributed by atoms with Gasteiger partial charge in [0.05, 0.1) is 5.92 Å². The number of carboxylic acid groups (broad SMARTS) is 1. The van der Waals surface area contributed by atoms with Crippen molar-refractivity contribution in [2.45, 2.75) is 32.3 Å². The van der Waals surface area contributed by atoms with Gasteiger partial charge in [0.25, 0.3) is 0 Å². The molecule has 0 saturated carbocycles. The van der Waals surface area contributed by atoms with Gasteiger partial charge in [-0.25, -0.2) is 18.0 Å². The molecule has 1 aromatic rings. The minimum absolute atomic E-state index is 0.159. The topological polar surface area (TPSA) is 66.8 Å². The first-order valence-electron chi connectivity index (χ1n) is 7.35. The second-order valence-corrected chi connectivity index (χ2v) is 6.70. The lowest BCUT2D eigenvalue weighted by Crippen LogP contribution is -2.35. The van der Waals surface area contributed by atoms with E-state index >= 15 is 0 Å². The van der Waals surface area contributed by atoms with Crippen molar-refractivity contribution in [3.8, 4) is 0 Å². The highest BCUT2D eigenvalue weighted by molar-refractivity contribution is 5.76. The van der Waals surface area contributed by atoms with Crippen molar-refractivity contribution in [3.63, 3.8) is 0 Å². The van der Waals surface area contributed by atoms with Gasteiger partial charge in [0.2, 0.25) is 0 Å². The average molecular weight is 345 g/mol. The molecule has 24 heavy (non-hydrogen) atoms. The zero-order chi connectivity index (χ0) is 18.2. The Balaban J connectivity index is 2.31. The molecule has 132 valence electrons. The van der Waals surface area contributed by atoms with Crippen molar-refractivity contribution in [3.05, 3.63) is 35.1 Å². The molecule has 1 aliphatic rings. The van der Waals surface area contributed by atoms with Crippen LogP contribution in [0.3, 0.4) is 0 Å². The van der Waals surface area contributed by atoms with Gasteiger partial charge >= 0.3 is 12.1 Å². The van der Waals surface area contributed by atoms with Crippen molar-refractivity contribution < 1.29 is 32.6 Å². The number of amides is 1. The van der Waals surface area contributed by atoms with Gasteiger partial charge in [-0.05, 0) is 32.4 Å². The molecule has 2 atom stereocenters. The normalized spacial score (nSPS) is 21.0. The number of ether oxygens (including phenoxy) is 1. The molecule has 8 heteroatoms. The van der Waals surface area contributed by atoms with E-state index in [9.17, 15) is 27.9 Å². The lowest BCUT2D eigenvalue weighted by atomic mass is 9.88. The fourth-order valence-corrected chi connectivity index (χ4v) is 2.67. The van der Waals surface area contributed by atoms with Crippen LogP contribution in [0.4, 0.5) is 18.0 Å². The number of nitrogens with zero attached hydrogens (tertiary/aromatic N) is 1. The summed E-state index contributed by atoms with van der Waals surface area (Å²) < 4.78 is 45.7. The zero-order valence-electron chi connectivity index (χ0n) is 13.5. The molecule has 1 saturated heterocycles. The Morgan fingerprint density at radius 2 is 1.79 bits per heavy atom. The van der Waals surface area contributed by atoms with Crippen LogP contribution >= 0.6 is 0 Å². The molecule has 0 spiro atoms. The summed E-state index contributed by atoms with van der Waals surface area (Å²) in [5, 5.41) is 9.32. The van der Waals surface area contributed by atoms with E-state index in [-0.39, 0.29) is 18.7 Å². The third-order valence-electron chi connectivity index (χ3n) is 3.75. The molecular weight excluding hydrogens is 327 g/mol. The summed E-state index contributed by atoms with van der Waals surface area (Å²) in [6.07, 6.45) is -0.737. The lowest BCUT2D eigenvalue weighted by Gasteiger charge is -2.24. The standard InChI is InChI=1S/C16H18F3NO4/c1-16(2,3)24-15(23)20-6-9(10(7-20)14(21)22)8-4-5-11(17)13(19)12(8)18/h4-5,9-10H,6-7H2,1-3H3,(H,21,22). The van der Waals surface area contributed by atoms with Crippen molar-refractivity contribution >= 4 is 12.1 Å². The van der Waals surface area contributed by atoms with Crippen LogP contribution in [-0.2, 0) is 9.53 Å². The van der Waals surface area contributed by atoms with E-state index in [0.29, 0.717) is 0 Å². The molecule has 0 bridgehead atoms. The van der Waals surface area contributed by atoms with Crippen LogP contribution in [0.1, 0.15) is 32.3 Å². The molecule has 1 aromatic carbocycles. The highest BCUT2D eigenvalue weighted by atomic mass is 19.2. The van der Waals surface area contributed by atoms with E-state index in [0.717, 1.165) is 17.0 Å². The molecular formula is C16H18F3NO4. The third kappa shape index (κ3) is 3.63. The van der Waals surface area contributed by atoms with Crippen LogP contribution in [0, 0.1) is 23.4 Å². The summed E-state index contributed by atoms with van der Waals surface area (Å²) >= 11 is 0. The smallest absolute Gasteiger partial charge is 0.410 e. The first kappa shape index (κ1) is 18.1. The van der Waals surface area contributed by atoms with E-state index in [4.69, 9.17) is 4.74 Å². The number of benzene rings is 1. The Hall–Kier alpha value is -2.25. The monoisotopic (exact) mass is 345 g/mol. The number of aliphatic carboxylic acids is 1. The second kappa shape index (κ2) is 6.33. The maximum absolute atomic E-state index is 14.0. The number of carbonyl (C=O) groups excluding carboxylic acids is 1. The number of hydrogen-bond donors (Lipinski definition) is 1. The van der Waals surface area contributed by atoms with Crippen LogP contribution in [0.15, 0.2) is 12.1 Å². The SMILES string of the molecule is CC(C)(C)OC(=O)N1CC(C(=O)O)C(c2ccc(F)c(F)c2F)C1. The molecule has 2 rings (SSSR count). The van der Waals surface area contributed by atoms with Crippen LogP contribution in [-0.4, -0.2) is 40.8 Å². The van der Waals surface area contributed by atoms with E-state index in [1.54, 1.807) is 20.8 Å². The summed E-state index contributed by atoms with van der Waals surface area (Å²) in [6, 6.07) is 1.75. The molecule has 1 N–H and O–H groups in total. The molecule has 0 radical (unpaired) electrons. The summed E-state index contributed by atoms with van der Waals surface area (Å²) in [7, 11) is 0. The average Bonchev–Trinajstić information content (AvgIpc) is 2.88. The third-order valence-corrected chi connectivity index (χ3v) is 3.75. The van der Waals surface area contributed by atoms with E-state index in [1.807, 2.05) is 0 Å². The fourth-order valence-electron chi connectivity index (χ4n) is 2.67. The highest BCUT2D eigenvalue weighted by Crippen LogP contribution is 2.36. The lowest BCUT2D eigenvalue weighted by molar-refractivity contribution is -0.141. The van der Waals surface area contributed by atoms with Crippen LogP contribution in [0.25, 0.3) is 0 Å². The van der Waals surface area contributed by atoms with Gasteiger partial charge < -0.3 is 14.7 Å². The fraction of sp³-hybridized carbons (Fsp3) is 0.500. The number of hydrogen-bond acceptors (Lipinski definition) is 3. The Morgan fingerprint density at radius 1 is 1.17 bits per heavy atom. The first-order chi connectivity index (χ1) is 11.0. The molecule has 1 heterocycles. The number of carboxylic acids is 1. The van der Waals surface area contributed by atoms with Gasteiger partial charge in [-0.3, -0.25) is 4.79 Å². The Morgan fingerprint density at radius 3 is 2.33 bits per heavy atom. The second-order valence-electron chi connectivity index (χ2n) is 6.70. The van der Waals surface area contributed by atoms with Crippen LogP contribution < -0.4 is 0 Å². The minimum atomic E-state index is -1.66. The maximum Gasteiger partial charge on any atom is 0.410 e. The predicted molar refractivity (Wildman–Crippen MR) is 78.0 cm³/mol. The molecule has 1 amide bonds. The highest BCUT2D eigenvalue weighted by Gasteiger charge is 2.43. The number of likely N-dealkylation sites (tertiary alicyclic amines) is 1. The molecule has 2 unspecified atom stereocenters. The number of rotatable bonds is 2. The van der Waals surface area contributed by atoms with Gasteiger partial charge in [0, 0.05) is 19.0 Å². The molecule has 1 fully saturated rings. The minimum Gasteiger partial charge on any atom is -0.481 e. The predicted octanol–water partition coefficient (Wildman–Crippen LogP) is 3.14. The van der Waals surface area contributed by atoms with Crippen molar-refractivity contribution in [2.24, 2.45) is 5.92 Å². The quantitative estimate of drug-likeness (QED) is 0.836. The maximum atomic E-state index is 14.0. The Bertz CT molecular complexity index is 672. The Kier molecular flexibility index (Phi) is 4.77. The molecule has 5 nitrogen and oxygen atoms in total. The van der Waals surface area contributed by atoms with Crippen LogP contribution in [0.2, 0.25) is 0 Å². The van der Waals surface area contributed by atoms with E-state index in [2.05, 4.69) is 0 Å². The van der Waals surface area contributed by atoms with Gasteiger partial charge in [0.1, 0.15) is 5.60 Å². The molecule has 0 aliphatic carbocycles. The van der Waals surface area contributed by atoms with Crippen molar-refractivity contribution in [1.29, 1.82) is 0 Å². The summed E-state index contributed by atoms with van der Waals surface area (Å²) in [4.78, 5) is 24.7. The van der Waals surface area contributed by atoms with E-state index in [1.165, 1.54) is 0 Å². The summed E-state index contributed by atoms with van der Waals surface area (Å²) in [6.45, 7) is 4.60. The molecule has 1 aliphatic heterocycles. The largest absolute Gasteiger partial charge is 0.481 e. The summed E-state index contributed by atoms with van der Waals surface area (Å²) in [5.74, 6) is -7.84. The van der Waals surface area contributed by atoms with Crippen molar-refractivity contribution in [2.75, 3.05) is 13.1 Å². The molecule has 0 aromatic heterocycles.